The topological polar surface area (TPSA) is 29.5 Å². The van der Waals surface area contributed by atoms with E-state index in [0.29, 0.717) is 6.61 Å². The van der Waals surface area contributed by atoms with E-state index in [9.17, 15) is 5.11 Å². The monoisotopic (exact) mass is 262 g/mol. The van der Waals surface area contributed by atoms with Crippen LogP contribution in [0.5, 0.6) is 0 Å². The zero-order valence-electron chi connectivity index (χ0n) is 12.3. The summed E-state index contributed by atoms with van der Waals surface area (Å²) in [4.78, 5) is 0. The van der Waals surface area contributed by atoms with E-state index in [0.717, 1.165) is 17.6 Å². The quantitative estimate of drug-likeness (QED) is 0.565. The molecule has 0 bridgehead atoms. The lowest BCUT2D eigenvalue weighted by atomic mass is 10.0. The summed E-state index contributed by atoms with van der Waals surface area (Å²) >= 11 is 0. The van der Waals surface area contributed by atoms with E-state index in [1.807, 2.05) is 44.2 Å². The van der Waals surface area contributed by atoms with Gasteiger partial charge in [-0.2, -0.15) is 0 Å². The van der Waals surface area contributed by atoms with Gasteiger partial charge < -0.3 is 9.84 Å². The molecule has 0 spiro atoms. The van der Waals surface area contributed by atoms with Gasteiger partial charge in [0.25, 0.3) is 0 Å². The number of allylic oxidation sites excluding steroid dienone is 1. The fourth-order valence-electron chi connectivity index (χ4n) is 1.92. The molecule has 1 rings (SSSR count). The maximum absolute atomic E-state index is 10.2. The molecule has 0 saturated heterocycles. The highest BCUT2D eigenvalue weighted by atomic mass is 16.5. The lowest BCUT2D eigenvalue weighted by molar-refractivity contribution is -0.0198. The van der Waals surface area contributed by atoms with Crippen LogP contribution < -0.4 is 0 Å². The largest absolute Gasteiger partial charge is 0.386 e. The van der Waals surface area contributed by atoms with Crippen molar-refractivity contribution < 1.29 is 9.84 Å². The second-order valence-corrected chi connectivity index (χ2v) is 5.04. The SMILES string of the molecule is CCCC/C=C(/C)[C@H](O)[C@H](C)OCc1ccccc1. The van der Waals surface area contributed by atoms with Gasteiger partial charge in [-0.3, -0.25) is 0 Å². The van der Waals surface area contributed by atoms with Gasteiger partial charge in [-0.1, -0.05) is 56.2 Å². The average molecular weight is 262 g/mol. The molecular weight excluding hydrogens is 236 g/mol. The zero-order chi connectivity index (χ0) is 14.1. The minimum absolute atomic E-state index is 0.182. The maximum atomic E-state index is 10.2. The van der Waals surface area contributed by atoms with E-state index in [-0.39, 0.29) is 6.10 Å². The number of aliphatic hydroxyl groups excluding tert-OH is 1. The van der Waals surface area contributed by atoms with Crippen molar-refractivity contribution in [2.24, 2.45) is 0 Å². The molecule has 0 saturated carbocycles. The first kappa shape index (κ1) is 15.9. The Kier molecular flexibility index (Phi) is 7.46. The number of rotatable bonds is 8. The Hall–Kier alpha value is -1.12. The Morgan fingerprint density at radius 2 is 2.00 bits per heavy atom. The lowest BCUT2D eigenvalue weighted by Gasteiger charge is -2.20. The third-order valence-corrected chi connectivity index (χ3v) is 3.29. The van der Waals surface area contributed by atoms with Crippen molar-refractivity contribution in [2.45, 2.75) is 58.8 Å². The fraction of sp³-hybridized carbons (Fsp3) is 0.529. The van der Waals surface area contributed by atoms with Crippen molar-refractivity contribution in [2.75, 3.05) is 0 Å². The van der Waals surface area contributed by atoms with E-state index >= 15 is 0 Å². The van der Waals surface area contributed by atoms with E-state index in [1.54, 1.807) is 0 Å². The van der Waals surface area contributed by atoms with Crippen LogP contribution >= 0.6 is 0 Å². The fourth-order valence-corrected chi connectivity index (χ4v) is 1.92. The standard InChI is InChI=1S/C17H26O2/c1-4-5-7-10-14(2)17(18)15(3)19-13-16-11-8-6-9-12-16/h6,8-12,15,17-18H,4-5,7,13H2,1-3H3/b14-10-/t15-,17-/m0/s1. The Bertz CT molecular complexity index is 370. The van der Waals surface area contributed by atoms with Gasteiger partial charge in [0, 0.05) is 0 Å². The van der Waals surface area contributed by atoms with Crippen molar-refractivity contribution >= 4 is 0 Å². The summed E-state index contributed by atoms with van der Waals surface area (Å²) in [6, 6.07) is 10.0. The molecule has 106 valence electrons. The van der Waals surface area contributed by atoms with E-state index in [1.165, 1.54) is 12.8 Å². The molecule has 0 aliphatic heterocycles. The van der Waals surface area contributed by atoms with Crippen LogP contribution in [-0.2, 0) is 11.3 Å². The average Bonchev–Trinajstić information content (AvgIpc) is 2.45. The Morgan fingerprint density at radius 1 is 1.32 bits per heavy atom. The van der Waals surface area contributed by atoms with Crippen molar-refractivity contribution in [3.05, 3.63) is 47.5 Å². The first-order valence-corrected chi connectivity index (χ1v) is 7.15. The van der Waals surface area contributed by atoms with Crippen LogP contribution in [0, 0.1) is 0 Å². The number of hydrogen-bond acceptors (Lipinski definition) is 2. The van der Waals surface area contributed by atoms with Crippen molar-refractivity contribution in [1.82, 2.24) is 0 Å². The second kappa shape index (κ2) is 8.89. The van der Waals surface area contributed by atoms with Crippen molar-refractivity contribution in [3.63, 3.8) is 0 Å². The summed E-state index contributed by atoms with van der Waals surface area (Å²) in [5.74, 6) is 0. The summed E-state index contributed by atoms with van der Waals surface area (Å²) in [6.07, 6.45) is 4.81. The first-order chi connectivity index (χ1) is 9.15. The molecule has 0 fully saturated rings. The van der Waals surface area contributed by atoms with Gasteiger partial charge in [-0.15, -0.1) is 0 Å². The Labute approximate surface area is 117 Å². The third kappa shape index (κ3) is 6.04. The number of aliphatic hydroxyl groups is 1. The van der Waals surface area contributed by atoms with Gasteiger partial charge in [-0.25, -0.2) is 0 Å². The summed E-state index contributed by atoms with van der Waals surface area (Å²) in [7, 11) is 0. The van der Waals surface area contributed by atoms with Gasteiger partial charge in [0.15, 0.2) is 0 Å². The molecule has 0 aliphatic carbocycles. The summed E-state index contributed by atoms with van der Waals surface area (Å²) in [6.45, 7) is 6.61. The first-order valence-electron chi connectivity index (χ1n) is 7.15. The number of ether oxygens (including phenoxy) is 1. The molecule has 0 unspecified atom stereocenters. The van der Waals surface area contributed by atoms with Gasteiger partial charge in [-0.05, 0) is 31.4 Å². The predicted octanol–water partition coefficient (Wildman–Crippen LogP) is 4.09. The van der Waals surface area contributed by atoms with E-state index in [2.05, 4.69) is 13.0 Å². The summed E-state index contributed by atoms with van der Waals surface area (Å²) < 4.78 is 5.73. The van der Waals surface area contributed by atoms with Gasteiger partial charge in [0.2, 0.25) is 0 Å². The van der Waals surface area contributed by atoms with Crippen LogP contribution in [0.15, 0.2) is 42.0 Å². The van der Waals surface area contributed by atoms with Crippen LogP contribution in [0.25, 0.3) is 0 Å². The molecule has 0 heterocycles. The molecule has 2 nitrogen and oxygen atoms in total. The van der Waals surface area contributed by atoms with Crippen LogP contribution in [0.3, 0.4) is 0 Å². The number of unbranched alkanes of at least 4 members (excludes halogenated alkanes) is 2. The normalized spacial score (nSPS) is 15.3. The van der Waals surface area contributed by atoms with E-state index < -0.39 is 6.10 Å². The van der Waals surface area contributed by atoms with Crippen LogP contribution in [0.4, 0.5) is 0 Å². The molecule has 1 aromatic rings. The molecule has 1 aromatic carbocycles. The van der Waals surface area contributed by atoms with Gasteiger partial charge >= 0.3 is 0 Å². The molecule has 2 heteroatoms. The predicted molar refractivity (Wildman–Crippen MR) is 80.0 cm³/mol. The van der Waals surface area contributed by atoms with Crippen LogP contribution in [-0.4, -0.2) is 17.3 Å². The number of hydrogen-bond donors (Lipinski definition) is 1. The highest BCUT2D eigenvalue weighted by Crippen LogP contribution is 2.13. The molecule has 0 aliphatic rings. The lowest BCUT2D eigenvalue weighted by Crippen LogP contribution is -2.27. The van der Waals surface area contributed by atoms with Crippen molar-refractivity contribution in [3.8, 4) is 0 Å². The molecule has 1 N–H and O–H groups in total. The van der Waals surface area contributed by atoms with E-state index in [4.69, 9.17) is 4.74 Å². The molecule has 2 atom stereocenters. The third-order valence-electron chi connectivity index (χ3n) is 3.29. The molecule has 0 aromatic heterocycles. The minimum atomic E-state index is -0.513. The molecular formula is C17H26O2. The molecule has 0 radical (unpaired) electrons. The smallest absolute Gasteiger partial charge is 0.101 e. The second-order valence-electron chi connectivity index (χ2n) is 5.04. The molecule has 19 heavy (non-hydrogen) atoms. The Morgan fingerprint density at radius 3 is 2.63 bits per heavy atom. The summed E-state index contributed by atoms with van der Waals surface area (Å²) in [5, 5.41) is 10.2. The highest BCUT2D eigenvalue weighted by Gasteiger charge is 2.16. The van der Waals surface area contributed by atoms with Gasteiger partial charge in [0.1, 0.15) is 6.10 Å². The highest BCUT2D eigenvalue weighted by molar-refractivity contribution is 5.13. The van der Waals surface area contributed by atoms with Crippen LogP contribution in [0.2, 0.25) is 0 Å². The summed E-state index contributed by atoms with van der Waals surface area (Å²) in [5.41, 5.74) is 2.14. The Balaban J connectivity index is 2.39. The van der Waals surface area contributed by atoms with Crippen molar-refractivity contribution in [1.29, 1.82) is 0 Å². The molecule has 0 amide bonds. The zero-order valence-corrected chi connectivity index (χ0v) is 12.3. The van der Waals surface area contributed by atoms with Gasteiger partial charge in [0.05, 0.1) is 12.7 Å². The maximum Gasteiger partial charge on any atom is 0.101 e. The minimum Gasteiger partial charge on any atom is -0.386 e. The number of benzene rings is 1. The van der Waals surface area contributed by atoms with Crippen LogP contribution in [0.1, 0.15) is 45.6 Å².